The van der Waals surface area contributed by atoms with Crippen LogP contribution in [0.2, 0.25) is 0 Å². The summed E-state index contributed by atoms with van der Waals surface area (Å²) in [5.41, 5.74) is 4.87. The number of pyridine rings is 1. The Kier molecular flexibility index (Phi) is 8.42. The number of Topliss-reactive ketones (excluding diaryl/α,β-unsaturated/α-hetero) is 1. The number of para-hydroxylation sites is 1. The van der Waals surface area contributed by atoms with E-state index in [4.69, 9.17) is 9.47 Å². The first-order valence-corrected chi connectivity index (χ1v) is 14.6. The van der Waals surface area contributed by atoms with Crippen LogP contribution in [0.1, 0.15) is 38.8 Å². The molecule has 46 heavy (non-hydrogen) atoms. The van der Waals surface area contributed by atoms with Crippen LogP contribution >= 0.6 is 0 Å². The van der Waals surface area contributed by atoms with Gasteiger partial charge in [-0.15, -0.1) is 0 Å². The van der Waals surface area contributed by atoms with E-state index in [0.717, 1.165) is 27.6 Å². The van der Waals surface area contributed by atoms with E-state index in [1.165, 1.54) is 13.3 Å². The molecule has 4 aromatic carbocycles. The zero-order chi connectivity index (χ0) is 32.2. The van der Waals surface area contributed by atoms with Crippen LogP contribution in [0.25, 0.3) is 21.7 Å². The summed E-state index contributed by atoms with van der Waals surface area (Å²) in [4.78, 5) is 39.0. The highest BCUT2D eigenvalue weighted by Gasteiger charge is 2.18. The SMILES string of the molecule is COc1ccc(CNc2ncnc3c(C(=O)Nc4c(C)ccc5c(Nc6ccc(C(C)=O)cc6)nccc45)cccc23)c(OC)c1. The van der Waals surface area contributed by atoms with Gasteiger partial charge in [0.1, 0.15) is 29.5 Å². The van der Waals surface area contributed by atoms with E-state index >= 15 is 0 Å². The van der Waals surface area contributed by atoms with Gasteiger partial charge in [0.2, 0.25) is 0 Å². The molecule has 0 unspecified atom stereocenters. The third-order valence-corrected chi connectivity index (χ3v) is 7.80. The Bertz CT molecular complexity index is 2100. The highest BCUT2D eigenvalue weighted by Crippen LogP contribution is 2.33. The standard InChI is InChI=1S/C36H32N6O4/c1-21-8-15-28-27(16-17-37-35(28)41-25-12-9-23(10-13-25)22(2)43)32(21)42-36(44)30-7-5-6-29-33(30)39-20-40-34(29)38-19-24-11-14-26(45-3)18-31(24)46-4/h5-18,20H,19H2,1-4H3,(H,37,41)(H,42,44)(H,38,39,40). The highest BCUT2D eigenvalue weighted by molar-refractivity contribution is 6.16. The molecule has 0 aliphatic heterocycles. The molecule has 0 atom stereocenters. The van der Waals surface area contributed by atoms with Crippen LogP contribution < -0.4 is 25.4 Å². The molecule has 10 heteroatoms. The van der Waals surface area contributed by atoms with Crippen LogP contribution in [-0.4, -0.2) is 40.9 Å². The molecule has 0 spiro atoms. The molecule has 0 fully saturated rings. The van der Waals surface area contributed by atoms with Crippen molar-refractivity contribution in [3.05, 3.63) is 114 Å². The predicted molar refractivity (Wildman–Crippen MR) is 181 cm³/mol. The van der Waals surface area contributed by atoms with Gasteiger partial charge in [-0.25, -0.2) is 15.0 Å². The van der Waals surface area contributed by atoms with Crippen molar-refractivity contribution < 1.29 is 19.1 Å². The molecule has 0 radical (unpaired) electrons. The molecule has 0 saturated carbocycles. The van der Waals surface area contributed by atoms with Crippen LogP contribution in [0.4, 0.5) is 23.0 Å². The summed E-state index contributed by atoms with van der Waals surface area (Å²) in [6.07, 6.45) is 3.15. The van der Waals surface area contributed by atoms with E-state index in [2.05, 4.69) is 30.9 Å². The number of carbonyl (C=O) groups is 2. The average Bonchev–Trinajstić information content (AvgIpc) is 3.08. The van der Waals surface area contributed by atoms with Crippen LogP contribution in [0.15, 0.2) is 91.4 Å². The highest BCUT2D eigenvalue weighted by atomic mass is 16.5. The Morgan fingerprint density at radius 3 is 2.39 bits per heavy atom. The number of ether oxygens (including phenoxy) is 2. The third kappa shape index (κ3) is 6.00. The van der Waals surface area contributed by atoms with E-state index in [0.29, 0.717) is 57.4 Å². The normalized spacial score (nSPS) is 10.9. The number of nitrogens with one attached hydrogen (secondary N) is 3. The van der Waals surface area contributed by atoms with Crippen molar-refractivity contribution in [2.24, 2.45) is 0 Å². The number of anilines is 4. The lowest BCUT2D eigenvalue weighted by Crippen LogP contribution is -2.14. The lowest BCUT2D eigenvalue weighted by atomic mass is 10.0. The Labute approximate surface area is 265 Å². The van der Waals surface area contributed by atoms with Crippen LogP contribution in [-0.2, 0) is 6.54 Å². The van der Waals surface area contributed by atoms with Crippen LogP contribution in [0.3, 0.4) is 0 Å². The fourth-order valence-corrected chi connectivity index (χ4v) is 5.32. The second-order valence-electron chi connectivity index (χ2n) is 10.7. The Morgan fingerprint density at radius 1 is 0.804 bits per heavy atom. The number of ketones is 1. The minimum Gasteiger partial charge on any atom is -0.497 e. The Balaban J connectivity index is 1.28. The molecular formula is C36H32N6O4. The molecule has 2 heterocycles. The molecule has 0 aliphatic carbocycles. The van der Waals surface area contributed by atoms with Crippen molar-refractivity contribution >= 4 is 56.4 Å². The summed E-state index contributed by atoms with van der Waals surface area (Å²) in [5, 5.41) is 12.2. The second-order valence-corrected chi connectivity index (χ2v) is 10.7. The molecule has 10 nitrogen and oxygen atoms in total. The largest absolute Gasteiger partial charge is 0.497 e. The van der Waals surface area contributed by atoms with Crippen molar-refractivity contribution in [3.8, 4) is 11.5 Å². The quantitative estimate of drug-likeness (QED) is 0.136. The van der Waals surface area contributed by atoms with E-state index in [-0.39, 0.29) is 11.7 Å². The first-order valence-electron chi connectivity index (χ1n) is 14.6. The molecule has 0 saturated heterocycles. The number of carbonyl (C=O) groups excluding carboxylic acids is 2. The van der Waals surface area contributed by atoms with Gasteiger partial charge in [0.25, 0.3) is 5.91 Å². The van der Waals surface area contributed by atoms with Crippen LogP contribution in [0, 0.1) is 6.92 Å². The van der Waals surface area contributed by atoms with Crippen molar-refractivity contribution in [1.82, 2.24) is 15.0 Å². The molecule has 1 amide bonds. The van der Waals surface area contributed by atoms with Gasteiger partial charge >= 0.3 is 0 Å². The third-order valence-electron chi connectivity index (χ3n) is 7.80. The van der Waals surface area contributed by atoms with Gasteiger partial charge in [0.05, 0.1) is 31.0 Å². The molecular weight excluding hydrogens is 580 g/mol. The maximum Gasteiger partial charge on any atom is 0.257 e. The smallest absolute Gasteiger partial charge is 0.257 e. The molecule has 3 N–H and O–H groups in total. The molecule has 6 aromatic rings. The summed E-state index contributed by atoms with van der Waals surface area (Å²) in [6, 6.07) is 24.1. The molecule has 230 valence electrons. The number of methoxy groups -OCH3 is 2. The molecule has 2 aromatic heterocycles. The number of benzene rings is 4. The second kappa shape index (κ2) is 12.9. The van der Waals surface area contributed by atoms with E-state index in [9.17, 15) is 9.59 Å². The maximum absolute atomic E-state index is 13.8. The minimum atomic E-state index is -0.297. The zero-order valence-corrected chi connectivity index (χ0v) is 25.8. The number of fused-ring (bicyclic) bond motifs is 2. The van der Waals surface area contributed by atoms with E-state index < -0.39 is 0 Å². The molecule has 6 rings (SSSR count). The van der Waals surface area contributed by atoms with Gasteiger partial charge in [-0.3, -0.25) is 9.59 Å². The maximum atomic E-state index is 13.8. The van der Waals surface area contributed by atoms with Gasteiger partial charge in [-0.05, 0) is 74.0 Å². The Hall–Kier alpha value is -6.03. The first kappa shape index (κ1) is 30.0. The molecule has 0 aliphatic rings. The Morgan fingerprint density at radius 2 is 1.63 bits per heavy atom. The van der Waals surface area contributed by atoms with Crippen molar-refractivity contribution in [2.45, 2.75) is 20.4 Å². The number of hydrogen-bond donors (Lipinski definition) is 3. The van der Waals surface area contributed by atoms with E-state index in [1.54, 1.807) is 38.6 Å². The fraction of sp³-hybridized carbons (Fsp3) is 0.139. The number of hydrogen-bond acceptors (Lipinski definition) is 9. The van der Waals surface area contributed by atoms with E-state index in [1.807, 2.05) is 67.6 Å². The summed E-state index contributed by atoms with van der Waals surface area (Å²) in [7, 11) is 3.23. The van der Waals surface area contributed by atoms with Crippen molar-refractivity contribution in [3.63, 3.8) is 0 Å². The summed E-state index contributed by atoms with van der Waals surface area (Å²) in [6.45, 7) is 3.93. The summed E-state index contributed by atoms with van der Waals surface area (Å²) < 4.78 is 10.8. The average molecular weight is 613 g/mol. The predicted octanol–water partition coefficient (Wildman–Crippen LogP) is 7.31. The van der Waals surface area contributed by atoms with Crippen molar-refractivity contribution in [2.75, 3.05) is 30.2 Å². The number of aromatic nitrogens is 3. The number of aryl methyl sites for hydroxylation is 1. The first-order chi connectivity index (χ1) is 22.4. The van der Waals surface area contributed by atoms with Crippen LogP contribution in [0.5, 0.6) is 11.5 Å². The lowest BCUT2D eigenvalue weighted by molar-refractivity contribution is 0.101. The van der Waals surface area contributed by atoms with Gasteiger partial charge in [-0.2, -0.15) is 0 Å². The van der Waals surface area contributed by atoms with Gasteiger partial charge in [0.15, 0.2) is 5.78 Å². The molecule has 0 bridgehead atoms. The minimum absolute atomic E-state index is 0.00469. The lowest BCUT2D eigenvalue weighted by Gasteiger charge is -2.16. The number of amides is 1. The van der Waals surface area contributed by atoms with Gasteiger partial charge in [0, 0.05) is 51.8 Å². The number of nitrogens with zero attached hydrogens (tertiary/aromatic N) is 3. The van der Waals surface area contributed by atoms with Gasteiger partial charge < -0.3 is 25.4 Å². The van der Waals surface area contributed by atoms with Crippen molar-refractivity contribution in [1.29, 1.82) is 0 Å². The topological polar surface area (TPSA) is 127 Å². The fourth-order valence-electron chi connectivity index (χ4n) is 5.32. The monoisotopic (exact) mass is 612 g/mol. The number of rotatable bonds is 10. The zero-order valence-electron chi connectivity index (χ0n) is 25.8. The summed E-state index contributed by atoms with van der Waals surface area (Å²) >= 11 is 0. The van der Waals surface area contributed by atoms with Gasteiger partial charge in [-0.1, -0.05) is 18.2 Å². The summed E-state index contributed by atoms with van der Waals surface area (Å²) in [5.74, 6) is 2.33.